The topological polar surface area (TPSA) is 126 Å². The van der Waals surface area contributed by atoms with Crippen molar-refractivity contribution < 1.29 is 4.79 Å². The largest absolute Gasteiger partial charge is 0.365 e. The van der Waals surface area contributed by atoms with E-state index in [-0.39, 0.29) is 12.1 Å². The molecule has 2 amide bonds. The van der Waals surface area contributed by atoms with Crippen LogP contribution in [-0.4, -0.2) is 68.2 Å². The lowest BCUT2D eigenvalue weighted by molar-refractivity contribution is 0.183. The number of fused-ring (bicyclic) bond motifs is 1. The van der Waals surface area contributed by atoms with Gasteiger partial charge in [0.2, 0.25) is 5.95 Å². The molecule has 0 unspecified atom stereocenters. The number of nitrogens with one attached hydrogen (secondary N) is 3. The monoisotopic (exact) mass is 511 g/mol. The number of nitrogens with two attached hydrogens (primary N) is 1. The second kappa shape index (κ2) is 12.3. The first-order valence-electron chi connectivity index (χ1n) is 14.7. The zero-order valence-electron chi connectivity index (χ0n) is 22.4. The minimum Gasteiger partial charge on any atom is -0.365 e. The van der Waals surface area contributed by atoms with Crippen LogP contribution in [0.15, 0.2) is 6.33 Å². The number of nitrogens with zero attached hydrogens (tertiary/aromatic N) is 5. The minimum atomic E-state index is 0.0629. The summed E-state index contributed by atoms with van der Waals surface area (Å²) in [5, 5.41) is 10.4. The van der Waals surface area contributed by atoms with Gasteiger partial charge in [-0.1, -0.05) is 32.6 Å². The molecule has 3 aliphatic rings. The third-order valence-electron chi connectivity index (χ3n) is 8.42. The molecule has 0 atom stereocenters. The first kappa shape index (κ1) is 26.0. The van der Waals surface area contributed by atoms with Gasteiger partial charge in [0.05, 0.1) is 6.33 Å². The van der Waals surface area contributed by atoms with Crippen LogP contribution < -0.4 is 21.7 Å². The Morgan fingerprint density at radius 3 is 2.43 bits per heavy atom. The van der Waals surface area contributed by atoms with Crippen molar-refractivity contribution in [1.82, 2.24) is 29.7 Å². The van der Waals surface area contributed by atoms with Gasteiger partial charge in [-0.15, -0.1) is 0 Å². The summed E-state index contributed by atoms with van der Waals surface area (Å²) in [7, 11) is 0. The van der Waals surface area contributed by atoms with Crippen LogP contribution in [0.2, 0.25) is 0 Å². The number of piperidine rings is 1. The van der Waals surface area contributed by atoms with Crippen LogP contribution in [0, 0.1) is 0 Å². The average molecular weight is 512 g/mol. The van der Waals surface area contributed by atoms with Crippen molar-refractivity contribution in [2.45, 2.75) is 115 Å². The first-order chi connectivity index (χ1) is 18.1. The Hall–Kier alpha value is -2.62. The summed E-state index contributed by atoms with van der Waals surface area (Å²) in [5.41, 5.74) is 7.89. The highest BCUT2D eigenvalue weighted by Crippen LogP contribution is 2.34. The van der Waals surface area contributed by atoms with Gasteiger partial charge in [0.1, 0.15) is 0 Å². The molecule has 37 heavy (non-hydrogen) atoms. The van der Waals surface area contributed by atoms with E-state index in [0.29, 0.717) is 24.1 Å². The zero-order valence-corrected chi connectivity index (χ0v) is 22.4. The van der Waals surface area contributed by atoms with E-state index in [9.17, 15) is 4.79 Å². The lowest BCUT2D eigenvalue weighted by atomic mass is 9.92. The Morgan fingerprint density at radius 2 is 1.70 bits per heavy atom. The van der Waals surface area contributed by atoms with Crippen molar-refractivity contribution in [2.75, 3.05) is 30.3 Å². The summed E-state index contributed by atoms with van der Waals surface area (Å²) in [4.78, 5) is 29.1. The Labute approximate surface area is 220 Å². The van der Waals surface area contributed by atoms with E-state index in [0.717, 1.165) is 94.4 Å². The van der Waals surface area contributed by atoms with Gasteiger partial charge in [-0.05, 0) is 57.8 Å². The molecule has 1 saturated heterocycles. The quantitative estimate of drug-likeness (QED) is 0.368. The van der Waals surface area contributed by atoms with Crippen molar-refractivity contribution in [2.24, 2.45) is 5.73 Å². The average Bonchev–Trinajstić information content (AvgIpc) is 3.59. The molecule has 1 aliphatic heterocycles. The third kappa shape index (κ3) is 6.45. The highest BCUT2D eigenvalue weighted by Gasteiger charge is 2.27. The molecule has 204 valence electrons. The van der Waals surface area contributed by atoms with Crippen molar-refractivity contribution in [3.8, 4) is 0 Å². The van der Waals surface area contributed by atoms with Crippen molar-refractivity contribution in [3.05, 3.63) is 6.33 Å². The summed E-state index contributed by atoms with van der Waals surface area (Å²) >= 11 is 0. The summed E-state index contributed by atoms with van der Waals surface area (Å²) in [6.07, 6.45) is 16.1. The molecule has 2 aromatic rings. The minimum absolute atomic E-state index is 0.0629. The fourth-order valence-corrected chi connectivity index (χ4v) is 6.08. The van der Waals surface area contributed by atoms with Crippen LogP contribution in [0.1, 0.15) is 96.4 Å². The smallest absolute Gasteiger partial charge is 0.317 e. The van der Waals surface area contributed by atoms with Gasteiger partial charge in [-0.25, -0.2) is 9.78 Å². The number of hydrogen-bond donors (Lipinski definition) is 4. The number of rotatable bonds is 9. The van der Waals surface area contributed by atoms with Crippen molar-refractivity contribution in [1.29, 1.82) is 0 Å². The number of aromatic nitrogens is 4. The number of unbranched alkanes of at least 4 members (excludes halogenated alkanes) is 2. The van der Waals surface area contributed by atoms with Gasteiger partial charge in [0.25, 0.3) is 0 Å². The summed E-state index contributed by atoms with van der Waals surface area (Å²) in [5.74, 6) is 1.48. The molecule has 0 bridgehead atoms. The first-order valence-corrected chi connectivity index (χ1v) is 14.7. The SMILES string of the molecule is CCCCCNC(=O)N1CCC(Nc2nc(N[C@H]3CC[C@H](N)CC3)nc3c2ncn3C2CCCC2)CC1. The van der Waals surface area contributed by atoms with Gasteiger partial charge < -0.3 is 31.2 Å². The maximum Gasteiger partial charge on any atom is 0.317 e. The van der Waals surface area contributed by atoms with E-state index in [1.165, 1.54) is 25.7 Å². The van der Waals surface area contributed by atoms with Gasteiger partial charge >= 0.3 is 6.03 Å². The highest BCUT2D eigenvalue weighted by atomic mass is 16.2. The van der Waals surface area contributed by atoms with E-state index in [1.54, 1.807) is 0 Å². The van der Waals surface area contributed by atoms with E-state index >= 15 is 0 Å². The van der Waals surface area contributed by atoms with Crippen molar-refractivity contribution in [3.63, 3.8) is 0 Å². The maximum absolute atomic E-state index is 12.5. The Balaban J connectivity index is 1.27. The van der Waals surface area contributed by atoms with Crippen LogP contribution in [0.3, 0.4) is 0 Å². The van der Waals surface area contributed by atoms with Crippen LogP contribution in [-0.2, 0) is 0 Å². The van der Waals surface area contributed by atoms with Gasteiger partial charge in [0.15, 0.2) is 17.0 Å². The van der Waals surface area contributed by atoms with Crippen LogP contribution >= 0.6 is 0 Å². The normalized spacial score (nSPS) is 23.5. The van der Waals surface area contributed by atoms with Crippen LogP contribution in [0.25, 0.3) is 11.2 Å². The molecular formula is C27H45N9O. The molecule has 0 spiro atoms. The number of carbonyl (C=O) groups excluding carboxylic acids is 1. The lowest BCUT2D eigenvalue weighted by Gasteiger charge is -2.32. The number of anilines is 2. The van der Waals surface area contributed by atoms with Gasteiger partial charge in [0, 0.05) is 43.8 Å². The highest BCUT2D eigenvalue weighted by molar-refractivity contribution is 5.84. The predicted octanol–water partition coefficient (Wildman–Crippen LogP) is 4.40. The Bertz CT molecular complexity index is 1020. The van der Waals surface area contributed by atoms with Gasteiger partial charge in [-0.2, -0.15) is 9.97 Å². The van der Waals surface area contributed by atoms with E-state index in [4.69, 9.17) is 20.7 Å². The summed E-state index contributed by atoms with van der Waals surface area (Å²) < 4.78 is 2.27. The molecule has 5 N–H and O–H groups in total. The fraction of sp³-hybridized carbons (Fsp3) is 0.778. The second-order valence-corrected chi connectivity index (χ2v) is 11.3. The number of carbonyl (C=O) groups is 1. The molecule has 2 aliphatic carbocycles. The summed E-state index contributed by atoms with van der Waals surface area (Å²) in [6, 6.07) is 1.44. The molecule has 10 heteroatoms. The van der Waals surface area contributed by atoms with Crippen molar-refractivity contribution >= 4 is 29.0 Å². The molecule has 10 nitrogen and oxygen atoms in total. The zero-order chi connectivity index (χ0) is 25.6. The number of hydrogen-bond acceptors (Lipinski definition) is 7. The molecule has 2 saturated carbocycles. The number of amides is 2. The predicted molar refractivity (Wildman–Crippen MR) is 148 cm³/mol. The Morgan fingerprint density at radius 1 is 0.973 bits per heavy atom. The van der Waals surface area contributed by atoms with Crippen LogP contribution in [0.4, 0.5) is 16.6 Å². The van der Waals surface area contributed by atoms with Gasteiger partial charge in [-0.3, -0.25) is 0 Å². The number of imidazole rings is 1. The van der Waals surface area contributed by atoms with E-state index in [2.05, 4.69) is 27.4 Å². The molecular weight excluding hydrogens is 466 g/mol. The maximum atomic E-state index is 12.5. The summed E-state index contributed by atoms with van der Waals surface area (Å²) in [6.45, 7) is 4.43. The Kier molecular flexibility index (Phi) is 8.63. The van der Waals surface area contributed by atoms with Crippen LogP contribution in [0.5, 0.6) is 0 Å². The second-order valence-electron chi connectivity index (χ2n) is 11.3. The fourth-order valence-electron chi connectivity index (χ4n) is 6.08. The molecule has 5 rings (SSSR count). The molecule has 2 aromatic heterocycles. The molecule has 0 aromatic carbocycles. The van der Waals surface area contributed by atoms with E-state index in [1.807, 2.05) is 11.2 Å². The molecule has 3 heterocycles. The molecule has 3 fully saturated rings. The third-order valence-corrected chi connectivity index (χ3v) is 8.42. The lowest BCUT2D eigenvalue weighted by Crippen LogP contribution is -2.47. The standard InChI is InChI=1S/C27H45N9O/c1-2-3-6-15-29-27(37)35-16-13-21(14-17-35)31-24-23-25(36(18-30-23)22-7-4-5-8-22)34-26(33-24)32-20-11-9-19(28)10-12-20/h18-22H,2-17,28H2,1H3,(H,29,37)(H2,31,32,33,34)/t19-,20-. The molecule has 0 radical (unpaired) electrons. The number of likely N-dealkylation sites (tertiary alicyclic amines) is 1. The van der Waals surface area contributed by atoms with E-state index < -0.39 is 0 Å². The number of urea groups is 1.